The van der Waals surface area contributed by atoms with Gasteiger partial charge in [0.05, 0.1) is 47.6 Å². The van der Waals surface area contributed by atoms with Crippen molar-refractivity contribution >= 4 is 5.97 Å². The Balaban J connectivity index is 2.17. The topological polar surface area (TPSA) is 162 Å². The molecule has 0 radical (unpaired) electrons. The normalized spacial score (nSPS) is 49.6. The van der Waals surface area contributed by atoms with Crippen molar-refractivity contribution in [1.29, 1.82) is 0 Å². The Morgan fingerprint density at radius 2 is 1.56 bits per heavy atom. The number of cyclic esters (lactones) is 1. The van der Waals surface area contributed by atoms with Gasteiger partial charge in [0.15, 0.2) is 0 Å². The molecule has 3 rings (SSSR count). The van der Waals surface area contributed by atoms with E-state index >= 15 is 0 Å². The molecule has 0 aromatic rings. The van der Waals surface area contributed by atoms with Crippen LogP contribution in [0.25, 0.3) is 0 Å². The largest absolute Gasteiger partial charge is 0.459 e. The van der Waals surface area contributed by atoms with E-state index in [9.17, 15) is 30.3 Å². The molecule has 3 fully saturated rings. The second-order valence-corrected chi connectivity index (χ2v) is 18.1. The average molecular weight is 745 g/mol. The second-order valence-electron chi connectivity index (χ2n) is 18.1. The summed E-state index contributed by atoms with van der Waals surface area (Å²) in [6.07, 6.45) is -2.80. The summed E-state index contributed by atoms with van der Waals surface area (Å²) in [5, 5.41) is 58.6. The molecule has 52 heavy (non-hydrogen) atoms. The number of methoxy groups -OCH3 is 1. The fraction of sp³-hybridized carbons (Fsp3) is 0.975. The zero-order chi connectivity index (χ0) is 39.7. The van der Waals surface area contributed by atoms with Crippen LogP contribution in [0.1, 0.15) is 108 Å². The minimum Gasteiger partial charge on any atom is -0.459 e. The van der Waals surface area contributed by atoms with Crippen molar-refractivity contribution in [1.82, 2.24) is 9.80 Å². The van der Waals surface area contributed by atoms with E-state index in [2.05, 4.69) is 13.8 Å². The molecule has 5 N–H and O–H groups in total. The van der Waals surface area contributed by atoms with Gasteiger partial charge in [-0.25, -0.2) is 0 Å². The molecular weight excluding hydrogens is 668 g/mol. The van der Waals surface area contributed by atoms with Gasteiger partial charge in [0, 0.05) is 32.2 Å². The maximum atomic E-state index is 14.3. The monoisotopic (exact) mass is 745 g/mol. The first-order valence-corrected chi connectivity index (χ1v) is 19.8. The van der Waals surface area contributed by atoms with Crippen LogP contribution < -0.4 is 0 Å². The van der Waals surface area contributed by atoms with Crippen LogP contribution in [0.5, 0.6) is 0 Å². The van der Waals surface area contributed by atoms with Crippen molar-refractivity contribution in [2.24, 2.45) is 29.6 Å². The van der Waals surface area contributed by atoms with E-state index in [0.29, 0.717) is 45.1 Å². The molecule has 3 heterocycles. The van der Waals surface area contributed by atoms with Crippen LogP contribution >= 0.6 is 0 Å². The first-order chi connectivity index (χ1) is 23.9. The van der Waals surface area contributed by atoms with Crippen LogP contribution in [0, 0.1) is 29.6 Å². The highest BCUT2D eigenvalue weighted by Gasteiger charge is 2.51. The van der Waals surface area contributed by atoms with Gasteiger partial charge in [-0.15, -0.1) is 0 Å². The third kappa shape index (κ3) is 10.1. The van der Waals surface area contributed by atoms with Gasteiger partial charge in [0.2, 0.25) is 0 Å². The zero-order valence-corrected chi connectivity index (χ0v) is 34.8. The summed E-state index contributed by atoms with van der Waals surface area (Å²) in [6, 6.07) is -0.596. The van der Waals surface area contributed by atoms with Crippen molar-refractivity contribution in [2.75, 3.05) is 34.8 Å². The third-order valence-corrected chi connectivity index (χ3v) is 13.5. The zero-order valence-electron chi connectivity index (χ0n) is 34.8. The van der Waals surface area contributed by atoms with Crippen LogP contribution in [-0.2, 0) is 23.7 Å². The molecule has 0 aromatic heterocycles. The Morgan fingerprint density at radius 1 is 0.942 bits per heavy atom. The predicted molar refractivity (Wildman–Crippen MR) is 201 cm³/mol. The SMILES string of the molecule is CC[C@@H]1OC(=O)[C@H](C)[C@H](C[C@@H]2C[C@](C)(OC)[C@H](O)[C@H](C)O2)[C@H](C)[C@H](C[C@@H]2O[C@H](C)C[C@H](N(C)C)[C@@H]2O)[C@](C)(O)C[C@H](C)CN(C)[C@H](C)[C@@H](O)[C@]1(C)O. The summed E-state index contributed by atoms with van der Waals surface area (Å²) in [6.45, 7) is 19.3. The first kappa shape index (κ1) is 45.5. The van der Waals surface area contributed by atoms with Gasteiger partial charge < -0.3 is 54.3 Å². The van der Waals surface area contributed by atoms with Crippen molar-refractivity contribution in [3.63, 3.8) is 0 Å². The summed E-state index contributed by atoms with van der Waals surface area (Å²) in [4.78, 5) is 18.3. The van der Waals surface area contributed by atoms with Crippen LogP contribution in [0.3, 0.4) is 0 Å². The Morgan fingerprint density at radius 3 is 2.12 bits per heavy atom. The lowest BCUT2D eigenvalue weighted by atomic mass is 9.64. The molecule has 306 valence electrons. The highest BCUT2D eigenvalue weighted by atomic mass is 16.6. The molecule has 12 heteroatoms. The van der Waals surface area contributed by atoms with Gasteiger partial charge in [-0.2, -0.15) is 0 Å². The maximum Gasteiger partial charge on any atom is 0.309 e. The number of aliphatic hydroxyl groups is 5. The molecule has 0 saturated carbocycles. The minimum absolute atomic E-state index is 0.0211. The average Bonchev–Trinajstić information content (AvgIpc) is 3.05. The Kier molecular flexibility index (Phi) is 15.6. The van der Waals surface area contributed by atoms with Crippen molar-refractivity contribution < 1.29 is 49.3 Å². The molecule has 0 aliphatic carbocycles. The summed E-state index contributed by atoms with van der Waals surface area (Å²) < 4.78 is 24.8. The lowest BCUT2D eigenvalue weighted by Crippen LogP contribution is -2.59. The van der Waals surface area contributed by atoms with E-state index in [1.165, 1.54) is 6.92 Å². The van der Waals surface area contributed by atoms with E-state index in [-0.39, 0.29) is 30.1 Å². The highest BCUT2D eigenvalue weighted by Crippen LogP contribution is 2.46. The van der Waals surface area contributed by atoms with Crippen LogP contribution in [0.2, 0.25) is 0 Å². The summed E-state index contributed by atoms with van der Waals surface area (Å²) in [5.74, 6) is -2.35. The van der Waals surface area contributed by atoms with E-state index in [1.54, 1.807) is 7.11 Å². The number of carbonyl (C=O) groups is 1. The van der Waals surface area contributed by atoms with Crippen LogP contribution in [0.15, 0.2) is 0 Å². The number of likely N-dealkylation sites (N-methyl/N-ethyl adjacent to an activating group) is 2. The quantitative estimate of drug-likeness (QED) is 0.243. The molecule has 0 bridgehead atoms. The highest BCUT2D eigenvalue weighted by molar-refractivity contribution is 5.72. The smallest absolute Gasteiger partial charge is 0.309 e. The number of carbonyl (C=O) groups excluding carboxylic acids is 1. The third-order valence-electron chi connectivity index (χ3n) is 13.5. The Bertz CT molecular complexity index is 1140. The van der Waals surface area contributed by atoms with Crippen LogP contribution in [0.4, 0.5) is 0 Å². The molecule has 0 aromatic carbocycles. The standard InChI is InChI=1S/C40H76N2O10/c1-15-33-40(10,48)35(44)26(6)42(13)21-22(2)19-38(8,47)30(18-32-34(43)31(41(11)12)16-23(3)50-32)24(4)29(25(5)37(46)52-33)17-28-20-39(9,49-14)36(45)27(7)51-28/h22-36,43-45,47-48H,15-21H2,1-14H3/t22-,23+,24-,25+,26+,27-,28+,29+,30-,31-,32-,33-,34-,35+,36+,38+,39-,40+/m0/s1. The lowest BCUT2D eigenvalue weighted by Gasteiger charge is -2.49. The predicted octanol–water partition coefficient (Wildman–Crippen LogP) is 3.23. The van der Waals surface area contributed by atoms with Crippen molar-refractivity contribution in [3.8, 4) is 0 Å². The Labute approximate surface area is 314 Å². The molecule has 18 atom stereocenters. The van der Waals surface area contributed by atoms with E-state index in [0.717, 1.165) is 0 Å². The van der Waals surface area contributed by atoms with Gasteiger partial charge in [0.25, 0.3) is 0 Å². The molecule has 3 saturated heterocycles. The number of hydrogen-bond acceptors (Lipinski definition) is 12. The summed E-state index contributed by atoms with van der Waals surface area (Å²) in [7, 11) is 7.40. The van der Waals surface area contributed by atoms with E-state index in [1.807, 2.05) is 79.4 Å². The summed E-state index contributed by atoms with van der Waals surface area (Å²) in [5.41, 5.74) is -3.85. The maximum absolute atomic E-state index is 14.3. The van der Waals surface area contributed by atoms with Crippen LogP contribution in [-0.4, -0.2) is 154 Å². The molecule has 0 unspecified atom stereocenters. The number of nitrogens with zero attached hydrogens (tertiary/aromatic N) is 2. The van der Waals surface area contributed by atoms with Gasteiger partial charge in [-0.05, 0) is 118 Å². The summed E-state index contributed by atoms with van der Waals surface area (Å²) >= 11 is 0. The molecule has 0 amide bonds. The number of aliphatic hydroxyl groups excluding tert-OH is 3. The van der Waals surface area contributed by atoms with Gasteiger partial charge in [-0.3, -0.25) is 4.79 Å². The fourth-order valence-electron chi connectivity index (χ4n) is 10.0. The number of ether oxygens (including phenoxy) is 4. The van der Waals surface area contributed by atoms with E-state index in [4.69, 9.17) is 18.9 Å². The van der Waals surface area contributed by atoms with Gasteiger partial charge in [-0.1, -0.05) is 27.7 Å². The molecule has 3 aliphatic heterocycles. The molecule has 0 spiro atoms. The Hall–Kier alpha value is -0.930. The second kappa shape index (κ2) is 17.9. The first-order valence-electron chi connectivity index (χ1n) is 19.8. The van der Waals surface area contributed by atoms with Gasteiger partial charge in [0.1, 0.15) is 23.9 Å². The van der Waals surface area contributed by atoms with E-state index < -0.39 is 83.2 Å². The van der Waals surface area contributed by atoms with Gasteiger partial charge >= 0.3 is 5.97 Å². The molecule has 3 aliphatic rings. The fourth-order valence-corrected chi connectivity index (χ4v) is 10.0. The number of rotatable bonds is 7. The van der Waals surface area contributed by atoms with Crippen molar-refractivity contribution in [2.45, 2.75) is 185 Å². The van der Waals surface area contributed by atoms with Crippen molar-refractivity contribution in [3.05, 3.63) is 0 Å². The number of hydrogen-bond donors (Lipinski definition) is 5. The molecule has 12 nitrogen and oxygen atoms in total. The lowest BCUT2D eigenvalue weighted by molar-refractivity contribution is -0.220. The number of esters is 1. The molecular formula is C40H76N2O10. The minimum atomic E-state index is -1.73.